The Kier molecular flexibility index (Phi) is 3.49. The number of aromatic nitrogens is 5. The molecule has 23 heavy (non-hydrogen) atoms. The summed E-state index contributed by atoms with van der Waals surface area (Å²) in [4.78, 5) is 4.02. The third-order valence-electron chi connectivity index (χ3n) is 4.68. The highest BCUT2D eigenvalue weighted by Gasteiger charge is 2.41. The van der Waals surface area contributed by atoms with Gasteiger partial charge < -0.3 is 9.13 Å². The second kappa shape index (κ2) is 5.41. The van der Waals surface area contributed by atoms with E-state index in [1.54, 1.807) is 12.5 Å². The van der Waals surface area contributed by atoms with Crippen LogP contribution in [-0.4, -0.2) is 44.0 Å². The lowest BCUT2D eigenvalue weighted by atomic mass is 9.80. The van der Waals surface area contributed by atoms with Crippen molar-refractivity contribution in [2.45, 2.75) is 49.4 Å². The van der Waals surface area contributed by atoms with Gasteiger partial charge in [-0.25, -0.2) is 18.1 Å². The van der Waals surface area contributed by atoms with Gasteiger partial charge >= 0.3 is 0 Å². The van der Waals surface area contributed by atoms with Gasteiger partial charge in [-0.2, -0.15) is 0 Å². The Bertz CT molecular complexity index is 787. The third kappa shape index (κ3) is 2.90. The average Bonchev–Trinajstić information content (AvgIpc) is 3.13. The molecule has 2 aliphatic carbocycles. The van der Waals surface area contributed by atoms with Crippen LogP contribution in [0.5, 0.6) is 0 Å². The molecule has 0 aromatic carbocycles. The van der Waals surface area contributed by atoms with Crippen LogP contribution in [0, 0.1) is 0 Å². The highest BCUT2D eigenvalue weighted by Crippen LogP contribution is 2.37. The van der Waals surface area contributed by atoms with Gasteiger partial charge in [-0.15, -0.1) is 10.2 Å². The zero-order chi connectivity index (χ0) is 16.0. The van der Waals surface area contributed by atoms with Crippen molar-refractivity contribution in [3.8, 4) is 0 Å². The number of hydrogen-bond donors (Lipinski definition) is 1. The predicted octanol–water partition coefficient (Wildman–Crippen LogP) is 0.388. The highest BCUT2D eigenvalue weighted by molar-refractivity contribution is 7.90. The second-order valence-corrected chi connectivity index (χ2v) is 8.49. The van der Waals surface area contributed by atoms with Gasteiger partial charge in [0.25, 0.3) is 0 Å². The lowest BCUT2D eigenvalue weighted by Gasteiger charge is -2.34. The minimum Gasteiger partial charge on any atom is -0.330 e. The third-order valence-corrected chi connectivity index (χ3v) is 6.69. The standard InChI is InChI=1S/C14H20N6O2S/c1-19-13(8-20-5-4-15-9-20)16-17-14(19)10-6-11(7-10)18-23(21,22)12-2-3-12/h4-5,9-12,18H,2-3,6-8H2,1H3. The van der Waals surface area contributed by atoms with Crippen LogP contribution in [-0.2, 0) is 23.6 Å². The first-order chi connectivity index (χ1) is 11.0. The predicted molar refractivity (Wildman–Crippen MR) is 83.2 cm³/mol. The van der Waals surface area contributed by atoms with Gasteiger partial charge in [0.15, 0.2) is 5.82 Å². The molecular formula is C14H20N6O2S. The van der Waals surface area contributed by atoms with Crippen molar-refractivity contribution in [3.05, 3.63) is 30.4 Å². The summed E-state index contributed by atoms with van der Waals surface area (Å²) >= 11 is 0. The van der Waals surface area contributed by atoms with Crippen LogP contribution in [0.3, 0.4) is 0 Å². The Morgan fingerprint density at radius 3 is 2.74 bits per heavy atom. The molecule has 0 spiro atoms. The summed E-state index contributed by atoms with van der Waals surface area (Å²) in [6.07, 6.45) is 8.56. The van der Waals surface area contributed by atoms with Gasteiger partial charge in [0.2, 0.25) is 10.0 Å². The Morgan fingerprint density at radius 1 is 1.30 bits per heavy atom. The molecule has 0 saturated heterocycles. The molecule has 0 unspecified atom stereocenters. The van der Waals surface area contributed by atoms with Crippen molar-refractivity contribution in [1.29, 1.82) is 0 Å². The van der Waals surface area contributed by atoms with Gasteiger partial charge in [0, 0.05) is 31.4 Å². The molecule has 2 aromatic rings. The zero-order valence-electron chi connectivity index (χ0n) is 13.0. The van der Waals surface area contributed by atoms with E-state index in [0.29, 0.717) is 6.54 Å². The maximum atomic E-state index is 11.9. The second-order valence-electron chi connectivity index (χ2n) is 6.50. The largest absolute Gasteiger partial charge is 0.330 e. The summed E-state index contributed by atoms with van der Waals surface area (Å²) in [5.41, 5.74) is 0. The quantitative estimate of drug-likeness (QED) is 0.823. The minimum atomic E-state index is -3.10. The molecule has 0 atom stereocenters. The highest BCUT2D eigenvalue weighted by atomic mass is 32.2. The first kappa shape index (κ1) is 14.8. The normalized spacial score (nSPS) is 24.6. The van der Waals surface area contributed by atoms with E-state index in [1.807, 2.05) is 22.4 Å². The van der Waals surface area contributed by atoms with Crippen LogP contribution in [0.1, 0.15) is 43.3 Å². The van der Waals surface area contributed by atoms with E-state index < -0.39 is 10.0 Å². The molecule has 0 amide bonds. The van der Waals surface area contributed by atoms with Crippen LogP contribution in [0.25, 0.3) is 0 Å². The van der Waals surface area contributed by atoms with E-state index in [4.69, 9.17) is 0 Å². The van der Waals surface area contributed by atoms with E-state index in [2.05, 4.69) is 19.9 Å². The van der Waals surface area contributed by atoms with E-state index >= 15 is 0 Å². The van der Waals surface area contributed by atoms with Gasteiger partial charge in [-0.05, 0) is 25.7 Å². The molecule has 1 N–H and O–H groups in total. The molecular weight excluding hydrogens is 316 g/mol. The van der Waals surface area contributed by atoms with Crippen molar-refractivity contribution in [2.24, 2.45) is 7.05 Å². The number of sulfonamides is 1. The molecule has 0 bridgehead atoms. The molecule has 2 aliphatic rings. The van der Waals surface area contributed by atoms with Crippen LogP contribution in [0.15, 0.2) is 18.7 Å². The maximum Gasteiger partial charge on any atom is 0.214 e. The van der Waals surface area contributed by atoms with Crippen molar-refractivity contribution in [3.63, 3.8) is 0 Å². The lowest BCUT2D eigenvalue weighted by Crippen LogP contribution is -2.45. The average molecular weight is 336 g/mol. The molecule has 0 aliphatic heterocycles. The zero-order valence-corrected chi connectivity index (χ0v) is 13.8. The number of imidazole rings is 1. The number of nitrogens with one attached hydrogen (secondary N) is 1. The van der Waals surface area contributed by atoms with Gasteiger partial charge in [-0.1, -0.05) is 0 Å². The molecule has 2 saturated carbocycles. The van der Waals surface area contributed by atoms with Crippen LogP contribution in [0.2, 0.25) is 0 Å². The van der Waals surface area contributed by atoms with Crippen molar-refractivity contribution >= 4 is 10.0 Å². The van der Waals surface area contributed by atoms with Crippen LogP contribution >= 0.6 is 0 Å². The SMILES string of the molecule is Cn1c(Cn2ccnc2)nnc1C1CC(NS(=O)(=O)C2CC2)C1. The van der Waals surface area contributed by atoms with Gasteiger partial charge in [0.05, 0.1) is 18.1 Å². The van der Waals surface area contributed by atoms with E-state index in [9.17, 15) is 8.42 Å². The monoisotopic (exact) mass is 336 g/mol. The fourth-order valence-electron chi connectivity index (χ4n) is 3.04. The smallest absolute Gasteiger partial charge is 0.214 e. The summed E-state index contributed by atoms with van der Waals surface area (Å²) in [5.74, 6) is 2.08. The maximum absolute atomic E-state index is 11.9. The molecule has 8 nitrogen and oxygen atoms in total. The van der Waals surface area contributed by atoms with Crippen molar-refractivity contribution in [1.82, 2.24) is 29.0 Å². The molecule has 4 rings (SSSR count). The Labute approximate surface area is 135 Å². The van der Waals surface area contributed by atoms with Crippen molar-refractivity contribution in [2.75, 3.05) is 0 Å². The summed E-state index contributed by atoms with van der Waals surface area (Å²) in [6, 6.07) is 0.0411. The Hall–Kier alpha value is -1.74. The first-order valence-corrected chi connectivity index (χ1v) is 9.42. The van der Waals surface area contributed by atoms with Crippen molar-refractivity contribution < 1.29 is 8.42 Å². The van der Waals surface area contributed by atoms with E-state index in [0.717, 1.165) is 37.3 Å². The molecule has 0 radical (unpaired) electrons. The first-order valence-electron chi connectivity index (χ1n) is 7.88. The van der Waals surface area contributed by atoms with Crippen LogP contribution < -0.4 is 4.72 Å². The molecule has 9 heteroatoms. The molecule has 2 aromatic heterocycles. The Balaban J connectivity index is 1.38. The van der Waals surface area contributed by atoms with E-state index in [-0.39, 0.29) is 17.2 Å². The molecule has 2 fully saturated rings. The summed E-state index contributed by atoms with van der Waals surface area (Å²) in [6.45, 7) is 0.633. The molecule has 2 heterocycles. The Morgan fingerprint density at radius 2 is 2.09 bits per heavy atom. The van der Waals surface area contributed by atoms with E-state index in [1.165, 1.54) is 0 Å². The number of hydrogen-bond acceptors (Lipinski definition) is 5. The fourth-order valence-corrected chi connectivity index (χ4v) is 4.65. The fraction of sp³-hybridized carbons (Fsp3) is 0.643. The van der Waals surface area contributed by atoms with Gasteiger partial charge in [0.1, 0.15) is 5.82 Å². The number of rotatable bonds is 6. The number of nitrogens with zero attached hydrogens (tertiary/aromatic N) is 5. The summed E-state index contributed by atoms with van der Waals surface area (Å²) in [5, 5.41) is 8.40. The minimum absolute atomic E-state index is 0.0411. The topological polar surface area (TPSA) is 94.7 Å². The molecule has 124 valence electrons. The van der Waals surface area contributed by atoms with Crippen LogP contribution in [0.4, 0.5) is 0 Å². The lowest BCUT2D eigenvalue weighted by molar-refractivity contribution is 0.309. The van der Waals surface area contributed by atoms with Gasteiger partial charge in [-0.3, -0.25) is 0 Å². The summed E-state index contributed by atoms with van der Waals surface area (Å²) in [7, 11) is -1.13. The summed E-state index contributed by atoms with van der Waals surface area (Å²) < 4.78 is 30.6.